The maximum atomic E-state index is 2.36. The van der Waals surface area contributed by atoms with Crippen LogP contribution in [0, 0.1) is 13.8 Å². The van der Waals surface area contributed by atoms with Gasteiger partial charge in [-0.05, 0) is 48.1 Å². The molecule has 0 atom stereocenters. The van der Waals surface area contributed by atoms with E-state index in [1.807, 2.05) is 0 Å². The summed E-state index contributed by atoms with van der Waals surface area (Å²) in [5.41, 5.74) is 7.19. The highest BCUT2D eigenvalue weighted by atomic mass is 14.2. The van der Waals surface area contributed by atoms with Crippen LogP contribution >= 0.6 is 0 Å². The third-order valence-corrected chi connectivity index (χ3v) is 3.16. The van der Waals surface area contributed by atoms with Crippen molar-refractivity contribution in [1.82, 2.24) is 0 Å². The molecule has 2 aliphatic carbocycles. The van der Waals surface area contributed by atoms with Crippen LogP contribution in [0.1, 0.15) is 30.0 Å². The predicted octanol–water partition coefficient (Wildman–Crippen LogP) is 4.36. The molecule has 2 rings (SSSR count). The largest absolute Gasteiger partial charge is 0.0651 e. The van der Waals surface area contributed by atoms with E-state index in [2.05, 4.69) is 51.1 Å². The van der Waals surface area contributed by atoms with Crippen molar-refractivity contribution >= 4 is 0 Å². The lowest BCUT2D eigenvalue weighted by Crippen LogP contribution is -1.81. The molecule has 0 aromatic heterocycles. The molecule has 0 bridgehead atoms. The molecule has 0 heteroatoms. The molecule has 0 saturated carbocycles. The Morgan fingerprint density at radius 1 is 1.00 bits per heavy atom. The van der Waals surface area contributed by atoms with Gasteiger partial charge in [0.1, 0.15) is 0 Å². The van der Waals surface area contributed by atoms with E-state index in [0.29, 0.717) is 0 Å². The summed E-state index contributed by atoms with van der Waals surface area (Å²) < 4.78 is 0. The van der Waals surface area contributed by atoms with E-state index < -0.39 is 0 Å². The highest BCUT2D eigenvalue weighted by Gasteiger charge is 2.12. The Morgan fingerprint density at radius 2 is 1.73 bits per heavy atom. The Balaban J connectivity index is 2.64. The zero-order valence-corrected chi connectivity index (χ0v) is 9.80. The molecular weight excluding hydrogens is 180 g/mol. The van der Waals surface area contributed by atoms with Gasteiger partial charge in [-0.2, -0.15) is 0 Å². The first kappa shape index (κ1) is 10.2. The van der Waals surface area contributed by atoms with E-state index in [-0.39, 0.29) is 0 Å². The van der Waals surface area contributed by atoms with Crippen LogP contribution < -0.4 is 0 Å². The van der Waals surface area contributed by atoms with Crippen molar-refractivity contribution < 1.29 is 0 Å². The van der Waals surface area contributed by atoms with Gasteiger partial charge in [0.25, 0.3) is 0 Å². The van der Waals surface area contributed by atoms with Crippen LogP contribution in [0.5, 0.6) is 0 Å². The van der Waals surface area contributed by atoms with Gasteiger partial charge in [-0.25, -0.2) is 0 Å². The number of hydrogen-bond donors (Lipinski definition) is 0. The van der Waals surface area contributed by atoms with Crippen molar-refractivity contribution in [2.45, 2.75) is 33.6 Å². The smallest absolute Gasteiger partial charge is 0.0149 e. The quantitative estimate of drug-likeness (QED) is 0.672. The number of hydrogen-bond acceptors (Lipinski definition) is 0. The molecule has 0 radical (unpaired) electrons. The summed E-state index contributed by atoms with van der Waals surface area (Å²) in [4.78, 5) is 0. The number of aryl methyl sites for hydroxylation is 2. The van der Waals surface area contributed by atoms with Gasteiger partial charge >= 0.3 is 0 Å². The van der Waals surface area contributed by atoms with Crippen LogP contribution in [0.15, 0.2) is 30.3 Å². The van der Waals surface area contributed by atoms with Crippen molar-refractivity contribution in [3.63, 3.8) is 0 Å². The fourth-order valence-corrected chi connectivity index (χ4v) is 2.25. The lowest BCUT2D eigenvalue weighted by atomic mass is 10.1. The number of fused-ring (bicyclic) bond motifs is 1. The molecule has 0 unspecified atom stereocenters. The minimum Gasteiger partial charge on any atom is -0.0651 e. The highest BCUT2D eigenvalue weighted by Crippen LogP contribution is 2.33. The van der Waals surface area contributed by atoms with Gasteiger partial charge in [0.2, 0.25) is 0 Å². The van der Waals surface area contributed by atoms with Gasteiger partial charge in [0.05, 0.1) is 0 Å². The van der Waals surface area contributed by atoms with Gasteiger partial charge < -0.3 is 0 Å². The molecule has 0 aliphatic heterocycles. The molecule has 0 saturated heterocycles. The standard InChI is InChI=1S/C15H18/c1-4-7-13-10-15-11(2)8-5-6-9-14(15)12(13)3/h5-6,8-10H,4,7H2,1-3H3. The van der Waals surface area contributed by atoms with Gasteiger partial charge in [-0.15, -0.1) is 0 Å². The summed E-state index contributed by atoms with van der Waals surface area (Å²) in [5.74, 6) is 0. The first-order valence-electron chi connectivity index (χ1n) is 5.72. The molecule has 15 heavy (non-hydrogen) atoms. The van der Waals surface area contributed by atoms with Crippen molar-refractivity contribution in [1.29, 1.82) is 0 Å². The van der Waals surface area contributed by atoms with E-state index in [0.717, 1.165) is 0 Å². The molecule has 2 aliphatic rings. The molecule has 0 aromatic carbocycles. The summed E-state index contributed by atoms with van der Waals surface area (Å²) in [7, 11) is 0. The van der Waals surface area contributed by atoms with Gasteiger partial charge in [-0.1, -0.05) is 43.7 Å². The summed E-state index contributed by atoms with van der Waals surface area (Å²) >= 11 is 0. The van der Waals surface area contributed by atoms with Gasteiger partial charge in [0, 0.05) is 0 Å². The SMILES string of the molecule is CCCc1cc2c(C)ccccc-2c1C. The Kier molecular flexibility index (Phi) is 2.77. The van der Waals surface area contributed by atoms with E-state index in [1.54, 1.807) is 0 Å². The Labute approximate surface area is 92.3 Å². The second-order valence-corrected chi connectivity index (χ2v) is 4.27. The van der Waals surface area contributed by atoms with Crippen LogP contribution in [-0.4, -0.2) is 0 Å². The minimum atomic E-state index is 1.20. The minimum absolute atomic E-state index is 1.20. The van der Waals surface area contributed by atoms with Crippen LogP contribution in [0.3, 0.4) is 0 Å². The predicted molar refractivity (Wildman–Crippen MR) is 66.5 cm³/mol. The third kappa shape index (κ3) is 1.77. The van der Waals surface area contributed by atoms with Crippen LogP contribution in [0.25, 0.3) is 11.1 Å². The van der Waals surface area contributed by atoms with Crippen molar-refractivity contribution in [2.24, 2.45) is 0 Å². The molecule has 0 fully saturated rings. The van der Waals surface area contributed by atoms with Crippen LogP contribution in [-0.2, 0) is 6.42 Å². The van der Waals surface area contributed by atoms with Crippen LogP contribution in [0.2, 0.25) is 0 Å². The molecule has 0 amide bonds. The molecule has 0 N–H and O–H groups in total. The summed E-state index contributed by atoms with van der Waals surface area (Å²) in [5, 5.41) is 0. The van der Waals surface area contributed by atoms with E-state index >= 15 is 0 Å². The molecule has 0 spiro atoms. The second-order valence-electron chi connectivity index (χ2n) is 4.27. The maximum Gasteiger partial charge on any atom is -0.0149 e. The normalized spacial score (nSPS) is 10.9. The first-order valence-corrected chi connectivity index (χ1v) is 5.72. The lowest BCUT2D eigenvalue weighted by Gasteiger charge is -1.98. The average Bonchev–Trinajstić information content (AvgIpc) is 2.42. The van der Waals surface area contributed by atoms with Gasteiger partial charge in [-0.3, -0.25) is 0 Å². The highest BCUT2D eigenvalue weighted by molar-refractivity contribution is 5.75. The molecular formula is C15H18. The van der Waals surface area contributed by atoms with Crippen LogP contribution in [0.4, 0.5) is 0 Å². The third-order valence-electron chi connectivity index (χ3n) is 3.16. The molecule has 0 heterocycles. The summed E-state index contributed by atoms with van der Waals surface area (Å²) in [6.07, 6.45) is 2.42. The number of rotatable bonds is 2. The van der Waals surface area contributed by atoms with Gasteiger partial charge in [0.15, 0.2) is 0 Å². The van der Waals surface area contributed by atoms with E-state index in [1.165, 1.54) is 40.7 Å². The second kappa shape index (κ2) is 4.06. The fourth-order valence-electron chi connectivity index (χ4n) is 2.25. The Hall–Kier alpha value is -1.30. The van der Waals surface area contributed by atoms with E-state index in [9.17, 15) is 0 Å². The average molecular weight is 198 g/mol. The van der Waals surface area contributed by atoms with Crippen molar-refractivity contribution in [3.8, 4) is 11.1 Å². The van der Waals surface area contributed by atoms with Crippen molar-refractivity contribution in [2.75, 3.05) is 0 Å². The fraction of sp³-hybridized carbons (Fsp3) is 0.333. The molecule has 0 nitrogen and oxygen atoms in total. The summed E-state index contributed by atoms with van der Waals surface area (Å²) in [6, 6.07) is 11.0. The Bertz CT molecular complexity index is 440. The lowest BCUT2D eigenvalue weighted by molar-refractivity contribution is 0.919. The van der Waals surface area contributed by atoms with Crippen molar-refractivity contribution in [3.05, 3.63) is 47.0 Å². The molecule has 78 valence electrons. The summed E-state index contributed by atoms with van der Waals surface area (Å²) in [6.45, 7) is 6.67. The zero-order chi connectivity index (χ0) is 10.8. The monoisotopic (exact) mass is 198 g/mol. The topological polar surface area (TPSA) is 0 Å². The first-order chi connectivity index (χ1) is 7.24. The molecule has 0 aromatic rings. The van der Waals surface area contributed by atoms with E-state index in [4.69, 9.17) is 0 Å². The maximum absolute atomic E-state index is 2.36. The Morgan fingerprint density at radius 3 is 2.47 bits per heavy atom. The zero-order valence-electron chi connectivity index (χ0n) is 9.80.